The summed E-state index contributed by atoms with van der Waals surface area (Å²) in [4.78, 5) is 16.9. The van der Waals surface area contributed by atoms with Crippen LogP contribution in [0.25, 0.3) is 5.65 Å². The Morgan fingerprint density at radius 3 is 2.85 bits per heavy atom. The zero-order valence-electron chi connectivity index (χ0n) is 12.6. The molecule has 0 fully saturated rings. The maximum atomic E-state index is 12.4. The first-order valence-electron chi connectivity index (χ1n) is 7.43. The lowest BCUT2D eigenvalue weighted by Gasteiger charge is -2.06. The molecule has 0 unspecified atom stereocenters. The van der Waals surface area contributed by atoms with Gasteiger partial charge in [0, 0.05) is 12.7 Å². The molecule has 2 aromatic rings. The van der Waals surface area contributed by atoms with Crippen LogP contribution in [0.3, 0.4) is 0 Å². The van der Waals surface area contributed by atoms with E-state index in [-0.39, 0.29) is 5.91 Å². The van der Waals surface area contributed by atoms with E-state index in [0.29, 0.717) is 5.69 Å². The van der Waals surface area contributed by atoms with Gasteiger partial charge in [0.15, 0.2) is 0 Å². The number of hydrogen-bond donors (Lipinski definition) is 1. The van der Waals surface area contributed by atoms with Gasteiger partial charge in [0.2, 0.25) is 0 Å². The minimum atomic E-state index is -0.0192. The predicted molar refractivity (Wildman–Crippen MR) is 81.2 cm³/mol. The van der Waals surface area contributed by atoms with Crippen LogP contribution in [0.15, 0.2) is 18.3 Å². The Kier molecular flexibility index (Phi) is 4.77. The van der Waals surface area contributed by atoms with Crippen LogP contribution in [0.1, 0.15) is 54.9 Å². The van der Waals surface area contributed by atoms with Crippen LogP contribution in [0, 0.1) is 6.92 Å². The third-order valence-electron chi connectivity index (χ3n) is 3.47. The Hall–Kier alpha value is -1.84. The third-order valence-corrected chi connectivity index (χ3v) is 3.47. The second kappa shape index (κ2) is 6.55. The average molecular weight is 273 g/mol. The first kappa shape index (κ1) is 14.6. The Labute approximate surface area is 120 Å². The van der Waals surface area contributed by atoms with Gasteiger partial charge in [-0.05, 0) is 37.5 Å². The smallest absolute Gasteiger partial charge is 0.270 e. The predicted octanol–water partition coefficient (Wildman–Crippen LogP) is 3.13. The standard InChI is InChI=1S/C16H23N3O/c1-4-6-7-9-17-16(20)15-13(5-2)18-14-11-12(3)8-10-19(14)15/h8,10-11H,4-7,9H2,1-3H3,(H,17,20). The van der Waals surface area contributed by atoms with E-state index in [1.165, 1.54) is 0 Å². The summed E-state index contributed by atoms with van der Waals surface area (Å²) in [5, 5.41) is 3.00. The van der Waals surface area contributed by atoms with Gasteiger partial charge in [-0.25, -0.2) is 4.98 Å². The van der Waals surface area contributed by atoms with Crippen molar-refractivity contribution in [3.8, 4) is 0 Å². The van der Waals surface area contributed by atoms with Gasteiger partial charge in [-0.1, -0.05) is 26.7 Å². The first-order chi connectivity index (χ1) is 9.67. The van der Waals surface area contributed by atoms with Crippen LogP contribution in [-0.2, 0) is 6.42 Å². The summed E-state index contributed by atoms with van der Waals surface area (Å²) < 4.78 is 1.89. The maximum Gasteiger partial charge on any atom is 0.270 e. The number of rotatable bonds is 6. The monoisotopic (exact) mass is 273 g/mol. The molecule has 1 amide bonds. The molecule has 108 valence electrons. The first-order valence-corrected chi connectivity index (χ1v) is 7.43. The molecule has 1 N–H and O–H groups in total. The van der Waals surface area contributed by atoms with Gasteiger partial charge < -0.3 is 5.32 Å². The van der Waals surface area contributed by atoms with E-state index < -0.39 is 0 Å². The summed E-state index contributed by atoms with van der Waals surface area (Å²) in [6.45, 7) is 6.95. The Morgan fingerprint density at radius 2 is 2.15 bits per heavy atom. The molecule has 2 rings (SSSR count). The van der Waals surface area contributed by atoms with Crippen molar-refractivity contribution in [2.24, 2.45) is 0 Å². The highest BCUT2D eigenvalue weighted by Gasteiger charge is 2.17. The number of fused-ring (bicyclic) bond motifs is 1. The number of amides is 1. The zero-order valence-corrected chi connectivity index (χ0v) is 12.6. The van der Waals surface area contributed by atoms with Crippen LogP contribution < -0.4 is 5.32 Å². The van der Waals surface area contributed by atoms with Crippen molar-refractivity contribution in [2.75, 3.05) is 6.54 Å². The van der Waals surface area contributed by atoms with Crippen LogP contribution in [-0.4, -0.2) is 21.8 Å². The van der Waals surface area contributed by atoms with E-state index in [1.807, 2.05) is 36.6 Å². The fourth-order valence-electron chi connectivity index (χ4n) is 2.34. The second-order valence-corrected chi connectivity index (χ2v) is 5.16. The molecule has 0 aromatic carbocycles. The summed E-state index contributed by atoms with van der Waals surface area (Å²) in [6.07, 6.45) is 6.02. The number of hydrogen-bond acceptors (Lipinski definition) is 2. The molecular weight excluding hydrogens is 250 g/mol. The van der Waals surface area contributed by atoms with Gasteiger partial charge in [-0.15, -0.1) is 0 Å². The maximum absolute atomic E-state index is 12.4. The molecule has 2 aromatic heterocycles. The number of imidazole rings is 1. The number of carbonyl (C=O) groups is 1. The van der Waals surface area contributed by atoms with Crippen molar-refractivity contribution >= 4 is 11.6 Å². The highest BCUT2D eigenvalue weighted by molar-refractivity contribution is 5.94. The molecule has 0 spiro atoms. The number of carbonyl (C=O) groups excluding carboxylic acids is 1. The van der Waals surface area contributed by atoms with Gasteiger partial charge >= 0.3 is 0 Å². The summed E-state index contributed by atoms with van der Waals surface area (Å²) in [7, 11) is 0. The number of nitrogens with zero attached hydrogens (tertiary/aromatic N) is 2. The lowest BCUT2D eigenvalue weighted by molar-refractivity contribution is 0.0946. The molecule has 0 bridgehead atoms. The highest BCUT2D eigenvalue weighted by Crippen LogP contribution is 2.15. The number of pyridine rings is 1. The Morgan fingerprint density at radius 1 is 1.35 bits per heavy atom. The van der Waals surface area contributed by atoms with E-state index in [4.69, 9.17) is 0 Å². The van der Waals surface area contributed by atoms with Crippen LogP contribution in [0.2, 0.25) is 0 Å². The van der Waals surface area contributed by atoms with Gasteiger partial charge in [0.25, 0.3) is 5.91 Å². The summed E-state index contributed by atoms with van der Waals surface area (Å²) >= 11 is 0. The van der Waals surface area contributed by atoms with Crippen molar-refractivity contribution in [2.45, 2.75) is 46.5 Å². The van der Waals surface area contributed by atoms with Crippen molar-refractivity contribution in [3.05, 3.63) is 35.3 Å². The SMILES string of the molecule is CCCCCNC(=O)c1c(CC)nc2cc(C)ccn12. The molecule has 0 aliphatic rings. The highest BCUT2D eigenvalue weighted by atomic mass is 16.1. The van der Waals surface area contributed by atoms with E-state index in [2.05, 4.69) is 17.2 Å². The van der Waals surface area contributed by atoms with Crippen LogP contribution in [0.5, 0.6) is 0 Å². The number of aromatic nitrogens is 2. The van der Waals surface area contributed by atoms with E-state index in [9.17, 15) is 4.79 Å². The molecular formula is C16H23N3O. The molecule has 4 nitrogen and oxygen atoms in total. The lowest BCUT2D eigenvalue weighted by Crippen LogP contribution is -2.26. The van der Waals surface area contributed by atoms with E-state index in [1.54, 1.807) is 0 Å². The van der Waals surface area contributed by atoms with Gasteiger partial charge in [-0.3, -0.25) is 9.20 Å². The molecule has 4 heteroatoms. The molecule has 0 radical (unpaired) electrons. The minimum Gasteiger partial charge on any atom is -0.351 e. The second-order valence-electron chi connectivity index (χ2n) is 5.16. The molecule has 20 heavy (non-hydrogen) atoms. The molecule has 0 aliphatic carbocycles. The third kappa shape index (κ3) is 3.00. The fraction of sp³-hybridized carbons (Fsp3) is 0.500. The Balaban J connectivity index is 2.25. The average Bonchev–Trinajstić information content (AvgIpc) is 2.80. The summed E-state index contributed by atoms with van der Waals surface area (Å²) in [6, 6.07) is 4.01. The van der Waals surface area contributed by atoms with E-state index >= 15 is 0 Å². The molecule has 0 atom stereocenters. The molecule has 0 saturated heterocycles. The van der Waals surface area contributed by atoms with Crippen LogP contribution >= 0.6 is 0 Å². The zero-order chi connectivity index (χ0) is 14.5. The van der Waals surface area contributed by atoms with Crippen molar-refractivity contribution < 1.29 is 4.79 Å². The van der Waals surface area contributed by atoms with Gasteiger partial charge in [0.05, 0.1) is 5.69 Å². The number of nitrogens with one attached hydrogen (secondary N) is 1. The van der Waals surface area contributed by atoms with Crippen LogP contribution in [0.4, 0.5) is 0 Å². The van der Waals surface area contributed by atoms with E-state index in [0.717, 1.165) is 49.1 Å². The van der Waals surface area contributed by atoms with Crippen molar-refractivity contribution in [1.82, 2.24) is 14.7 Å². The lowest BCUT2D eigenvalue weighted by atomic mass is 10.2. The topological polar surface area (TPSA) is 46.4 Å². The molecule has 2 heterocycles. The van der Waals surface area contributed by atoms with Crippen molar-refractivity contribution in [3.63, 3.8) is 0 Å². The normalized spacial score (nSPS) is 10.9. The number of unbranched alkanes of at least 4 members (excludes halogenated alkanes) is 2. The van der Waals surface area contributed by atoms with Gasteiger partial charge in [0.1, 0.15) is 11.3 Å². The van der Waals surface area contributed by atoms with Gasteiger partial charge in [-0.2, -0.15) is 0 Å². The minimum absolute atomic E-state index is 0.0192. The number of aryl methyl sites for hydroxylation is 2. The molecule has 0 saturated carbocycles. The van der Waals surface area contributed by atoms with Crippen molar-refractivity contribution in [1.29, 1.82) is 0 Å². The molecule has 0 aliphatic heterocycles. The Bertz CT molecular complexity index is 601. The fourth-order valence-corrected chi connectivity index (χ4v) is 2.34. The summed E-state index contributed by atoms with van der Waals surface area (Å²) in [5.41, 5.74) is 3.54. The quantitative estimate of drug-likeness (QED) is 0.822. The summed E-state index contributed by atoms with van der Waals surface area (Å²) in [5.74, 6) is -0.0192. The largest absolute Gasteiger partial charge is 0.351 e.